The minimum absolute atomic E-state index is 0.179. The van der Waals surface area contributed by atoms with Crippen molar-refractivity contribution in [1.82, 2.24) is 14.8 Å². The Morgan fingerprint density at radius 2 is 2.00 bits per heavy atom. The molecule has 0 atom stereocenters. The van der Waals surface area contributed by atoms with Gasteiger partial charge in [0, 0.05) is 29.7 Å². The third-order valence-corrected chi connectivity index (χ3v) is 7.80. The Kier molecular flexibility index (Phi) is 4.88. The van der Waals surface area contributed by atoms with Gasteiger partial charge in [0.2, 0.25) is 0 Å². The molecule has 1 aliphatic carbocycles. The number of hydrogen-bond donors (Lipinski definition) is 0. The summed E-state index contributed by atoms with van der Waals surface area (Å²) in [6, 6.07) is 6.29. The maximum Gasteiger partial charge on any atom is 0.145 e. The average Bonchev–Trinajstić information content (AvgIpc) is 3.29. The summed E-state index contributed by atoms with van der Waals surface area (Å²) in [5.74, 6) is -0.179. The quantitative estimate of drug-likeness (QED) is 0.786. The first-order valence-corrected chi connectivity index (χ1v) is 10.4. The van der Waals surface area contributed by atoms with Gasteiger partial charge in [0.15, 0.2) is 0 Å². The smallest absolute Gasteiger partial charge is 0.145 e. The number of pyridine rings is 1. The molecule has 26 heavy (non-hydrogen) atoms. The molecule has 140 valence electrons. The molecule has 0 amide bonds. The highest BCUT2D eigenvalue weighted by molar-refractivity contribution is 7.10. The molecule has 0 aromatic carbocycles. The fourth-order valence-corrected chi connectivity index (χ4v) is 6.06. The maximum atomic E-state index is 13.9. The normalized spacial score (nSPS) is 29.7. The summed E-state index contributed by atoms with van der Waals surface area (Å²) in [6.07, 6.45) is 9.23. The van der Waals surface area contributed by atoms with Crippen LogP contribution in [-0.4, -0.2) is 42.0 Å². The molecule has 2 aromatic heterocycles. The molecule has 2 aliphatic rings. The van der Waals surface area contributed by atoms with Gasteiger partial charge in [-0.05, 0) is 75.7 Å². The van der Waals surface area contributed by atoms with E-state index in [1.807, 2.05) is 17.4 Å². The van der Waals surface area contributed by atoms with Gasteiger partial charge in [-0.1, -0.05) is 6.07 Å². The fraction of sp³-hybridized carbons (Fsp3) is 0.571. The number of rotatable bonds is 4. The van der Waals surface area contributed by atoms with E-state index in [4.69, 9.17) is 0 Å². The van der Waals surface area contributed by atoms with Crippen LogP contribution < -0.4 is 0 Å². The highest BCUT2D eigenvalue weighted by Gasteiger charge is 2.47. The first-order chi connectivity index (χ1) is 12.5. The number of aromatic nitrogens is 1. The van der Waals surface area contributed by atoms with Crippen LogP contribution in [0.15, 0.2) is 36.0 Å². The summed E-state index contributed by atoms with van der Waals surface area (Å²) >= 11 is 1.89. The largest absolute Gasteiger partial charge is 0.299 e. The molecule has 4 rings (SSSR count). The van der Waals surface area contributed by atoms with E-state index in [0.717, 1.165) is 18.7 Å². The van der Waals surface area contributed by atoms with Gasteiger partial charge in [-0.3, -0.25) is 14.8 Å². The van der Waals surface area contributed by atoms with Crippen molar-refractivity contribution in [1.29, 1.82) is 0 Å². The van der Waals surface area contributed by atoms with E-state index in [1.165, 1.54) is 43.2 Å². The predicted octanol–water partition coefficient (Wildman–Crippen LogP) is 4.51. The van der Waals surface area contributed by atoms with Gasteiger partial charge in [-0.15, -0.1) is 11.3 Å². The predicted molar refractivity (Wildman–Crippen MR) is 105 cm³/mol. The van der Waals surface area contributed by atoms with E-state index < -0.39 is 0 Å². The summed E-state index contributed by atoms with van der Waals surface area (Å²) in [7, 11) is 4.45. The Morgan fingerprint density at radius 3 is 2.65 bits per heavy atom. The molecule has 3 heterocycles. The van der Waals surface area contributed by atoms with Crippen LogP contribution in [0.4, 0.5) is 4.39 Å². The molecule has 3 nitrogen and oxygen atoms in total. The molecule has 0 radical (unpaired) electrons. The molecule has 1 spiro atoms. The molecule has 0 bridgehead atoms. The first kappa shape index (κ1) is 18.1. The number of likely N-dealkylation sites (tertiary alicyclic amines) is 1. The van der Waals surface area contributed by atoms with Gasteiger partial charge in [0.1, 0.15) is 5.82 Å². The molecule has 2 aromatic rings. The Morgan fingerprint density at radius 1 is 1.19 bits per heavy atom. The van der Waals surface area contributed by atoms with Crippen molar-refractivity contribution in [2.24, 2.45) is 5.41 Å². The summed E-state index contributed by atoms with van der Waals surface area (Å²) < 4.78 is 13.9. The molecular weight excluding hydrogens is 345 g/mol. The van der Waals surface area contributed by atoms with Crippen molar-refractivity contribution in [3.05, 3.63) is 52.2 Å². The lowest BCUT2D eigenvalue weighted by Gasteiger charge is -2.48. The summed E-state index contributed by atoms with van der Waals surface area (Å²) in [6.45, 7) is 2.89. The second kappa shape index (κ2) is 7.02. The van der Waals surface area contributed by atoms with Crippen molar-refractivity contribution in [3.63, 3.8) is 0 Å². The number of thiophene rings is 1. The third kappa shape index (κ3) is 3.21. The standard InChI is InChI=1S/C21H28FN3S/c1-24(2)21(19-4-3-13-26-19)8-6-20(7-9-21)10-12-25(16-20)15-17-5-11-23-14-18(17)22/h3-5,11,13-14H,6-10,12,15-16H2,1-2H3. The lowest BCUT2D eigenvalue weighted by molar-refractivity contribution is 0.0404. The fourth-order valence-electron chi connectivity index (χ4n) is 5.00. The Bertz CT molecular complexity index is 735. The van der Waals surface area contributed by atoms with Crippen LogP contribution in [0.5, 0.6) is 0 Å². The maximum absolute atomic E-state index is 13.9. The SMILES string of the molecule is CN(C)C1(c2cccs2)CCC2(CCN(Cc3ccncc3F)C2)CC1. The molecule has 1 saturated carbocycles. The van der Waals surface area contributed by atoms with Crippen LogP contribution >= 0.6 is 11.3 Å². The van der Waals surface area contributed by atoms with Crippen LogP contribution in [0, 0.1) is 11.2 Å². The van der Waals surface area contributed by atoms with Crippen LogP contribution in [0.25, 0.3) is 0 Å². The monoisotopic (exact) mass is 373 g/mol. The summed E-state index contributed by atoms with van der Waals surface area (Å²) in [4.78, 5) is 10.2. The van der Waals surface area contributed by atoms with Crippen molar-refractivity contribution in [2.75, 3.05) is 27.2 Å². The van der Waals surface area contributed by atoms with Gasteiger partial charge < -0.3 is 0 Å². The Balaban J connectivity index is 1.44. The Labute approximate surface area is 159 Å². The molecule has 1 saturated heterocycles. The highest BCUT2D eigenvalue weighted by Crippen LogP contribution is 2.52. The highest BCUT2D eigenvalue weighted by atomic mass is 32.1. The molecule has 1 aliphatic heterocycles. The zero-order valence-electron chi connectivity index (χ0n) is 15.7. The van der Waals surface area contributed by atoms with Gasteiger partial charge in [0.25, 0.3) is 0 Å². The van der Waals surface area contributed by atoms with Gasteiger partial charge in [-0.2, -0.15) is 0 Å². The third-order valence-electron chi connectivity index (χ3n) is 6.74. The first-order valence-electron chi connectivity index (χ1n) is 9.55. The molecule has 0 N–H and O–H groups in total. The molecule has 2 fully saturated rings. The second-order valence-corrected chi connectivity index (χ2v) is 9.28. The topological polar surface area (TPSA) is 19.4 Å². The number of halogens is 1. The van der Waals surface area contributed by atoms with Crippen LogP contribution in [0.2, 0.25) is 0 Å². The van der Waals surface area contributed by atoms with Crippen molar-refractivity contribution < 1.29 is 4.39 Å². The molecular formula is C21H28FN3S. The van der Waals surface area contributed by atoms with Crippen molar-refractivity contribution >= 4 is 11.3 Å². The van der Waals surface area contributed by atoms with Gasteiger partial charge >= 0.3 is 0 Å². The van der Waals surface area contributed by atoms with Crippen molar-refractivity contribution in [2.45, 2.75) is 44.2 Å². The zero-order valence-corrected chi connectivity index (χ0v) is 16.6. The van der Waals surface area contributed by atoms with Crippen molar-refractivity contribution in [3.8, 4) is 0 Å². The van der Waals surface area contributed by atoms with E-state index in [9.17, 15) is 4.39 Å². The van der Waals surface area contributed by atoms with Gasteiger partial charge in [-0.25, -0.2) is 4.39 Å². The zero-order chi connectivity index (χ0) is 18.2. The summed E-state index contributed by atoms with van der Waals surface area (Å²) in [5, 5.41) is 2.20. The van der Waals surface area contributed by atoms with Crippen LogP contribution in [-0.2, 0) is 12.1 Å². The van der Waals surface area contributed by atoms with E-state index >= 15 is 0 Å². The van der Waals surface area contributed by atoms with E-state index in [2.05, 4.69) is 46.4 Å². The van der Waals surface area contributed by atoms with Gasteiger partial charge in [0.05, 0.1) is 11.7 Å². The lowest BCUT2D eigenvalue weighted by Crippen LogP contribution is -2.47. The van der Waals surface area contributed by atoms with Crippen LogP contribution in [0.3, 0.4) is 0 Å². The van der Waals surface area contributed by atoms with E-state index in [1.54, 1.807) is 6.20 Å². The molecule has 0 unspecified atom stereocenters. The summed E-state index contributed by atoms with van der Waals surface area (Å²) in [5.41, 5.74) is 1.39. The minimum atomic E-state index is -0.179. The molecule has 5 heteroatoms. The number of nitrogens with zero attached hydrogens (tertiary/aromatic N) is 3. The average molecular weight is 374 g/mol. The number of hydrogen-bond acceptors (Lipinski definition) is 4. The second-order valence-electron chi connectivity index (χ2n) is 8.33. The minimum Gasteiger partial charge on any atom is -0.299 e. The Hall–Kier alpha value is -1.30. The van der Waals surface area contributed by atoms with Crippen LogP contribution in [0.1, 0.15) is 42.5 Å². The lowest BCUT2D eigenvalue weighted by atomic mass is 9.66. The van der Waals surface area contributed by atoms with E-state index in [-0.39, 0.29) is 11.4 Å². The van der Waals surface area contributed by atoms with E-state index in [0.29, 0.717) is 12.0 Å².